The van der Waals surface area contributed by atoms with Gasteiger partial charge >= 0.3 is 0 Å². The van der Waals surface area contributed by atoms with Gasteiger partial charge in [0.1, 0.15) is 0 Å². The summed E-state index contributed by atoms with van der Waals surface area (Å²) < 4.78 is 6.40. The van der Waals surface area contributed by atoms with Gasteiger partial charge in [0.25, 0.3) is 0 Å². The minimum Gasteiger partial charge on any atom is -0.383 e. The van der Waals surface area contributed by atoms with Crippen molar-refractivity contribution < 1.29 is 4.74 Å². The number of rotatable bonds is 8. The van der Waals surface area contributed by atoms with Crippen LogP contribution in [-0.4, -0.2) is 32.8 Å². The molecule has 1 N–H and O–H groups in total. The summed E-state index contributed by atoms with van der Waals surface area (Å²) in [6, 6.07) is 7.39. The average molecular weight is 327 g/mol. The highest BCUT2D eigenvalue weighted by Gasteiger charge is 2.29. The molecule has 19 heavy (non-hydrogen) atoms. The fourth-order valence-corrected chi connectivity index (χ4v) is 2.72. The third kappa shape index (κ3) is 4.20. The van der Waals surface area contributed by atoms with Gasteiger partial charge < -0.3 is 15.0 Å². The molecule has 1 fully saturated rings. The van der Waals surface area contributed by atoms with Gasteiger partial charge in [-0.2, -0.15) is 0 Å². The molecule has 0 saturated heterocycles. The van der Waals surface area contributed by atoms with Crippen molar-refractivity contribution in [3.05, 3.63) is 28.2 Å². The van der Waals surface area contributed by atoms with Gasteiger partial charge in [0, 0.05) is 36.4 Å². The van der Waals surface area contributed by atoms with Gasteiger partial charge in [-0.25, -0.2) is 0 Å². The average Bonchev–Trinajstić information content (AvgIpc) is 3.23. The fraction of sp³-hybridized carbons (Fsp3) is 0.600. The normalized spacial score (nSPS) is 14.7. The first-order chi connectivity index (χ1) is 9.26. The highest BCUT2D eigenvalue weighted by atomic mass is 79.9. The van der Waals surface area contributed by atoms with Crippen LogP contribution in [0.1, 0.15) is 25.3 Å². The zero-order chi connectivity index (χ0) is 13.7. The van der Waals surface area contributed by atoms with Crippen LogP contribution < -0.4 is 10.2 Å². The molecule has 0 aromatic heterocycles. The molecule has 0 bridgehead atoms. The second kappa shape index (κ2) is 7.27. The highest BCUT2D eigenvalue weighted by molar-refractivity contribution is 9.10. The number of ether oxygens (including phenoxy) is 1. The SMILES string of the molecule is CCNCc1ccc(N(CCOC)C2CC2)cc1Br. The van der Waals surface area contributed by atoms with Crippen LogP contribution in [0.2, 0.25) is 0 Å². The first-order valence-electron chi connectivity index (χ1n) is 7.01. The molecule has 0 heterocycles. The lowest BCUT2D eigenvalue weighted by Crippen LogP contribution is -2.29. The van der Waals surface area contributed by atoms with Crippen molar-refractivity contribution in [2.24, 2.45) is 0 Å². The lowest BCUT2D eigenvalue weighted by atomic mass is 10.2. The molecular formula is C15H23BrN2O. The molecule has 106 valence electrons. The van der Waals surface area contributed by atoms with Crippen molar-refractivity contribution in [3.8, 4) is 0 Å². The Morgan fingerprint density at radius 3 is 2.79 bits per heavy atom. The molecule has 1 aliphatic carbocycles. The Kier molecular flexibility index (Phi) is 5.67. The third-order valence-corrected chi connectivity index (χ3v) is 4.20. The van der Waals surface area contributed by atoms with E-state index < -0.39 is 0 Å². The topological polar surface area (TPSA) is 24.5 Å². The Balaban J connectivity index is 2.07. The maximum atomic E-state index is 5.22. The quantitative estimate of drug-likeness (QED) is 0.794. The maximum Gasteiger partial charge on any atom is 0.0637 e. The van der Waals surface area contributed by atoms with Gasteiger partial charge in [0.2, 0.25) is 0 Å². The molecular weight excluding hydrogens is 304 g/mol. The lowest BCUT2D eigenvalue weighted by Gasteiger charge is -2.25. The van der Waals surface area contributed by atoms with E-state index in [1.807, 2.05) is 0 Å². The van der Waals surface area contributed by atoms with Gasteiger partial charge in [-0.05, 0) is 37.1 Å². The summed E-state index contributed by atoms with van der Waals surface area (Å²) in [6.45, 7) is 5.80. The molecule has 3 nitrogen and oxygen atoms in total. The number of methoxy groups -OCH3 is 1. The minimum absolute atomic E-state index is 0.710. The predicted octanol–water partition coefficient (Wildman–Crippen LogP) is 3.17. The zero-order valence-electron chi connectivity index (χ0n) is 11.8. The number of hydrogen-bond donors (Lipinski definition) is 1. The molecule has 1 aromatic rings. The molecule has 2 rings (SSSR count). The van der Waals surface area contributed by atoms with Gasteiger partial charge in [-0.3, -0.25) is 0 Å². The molecule has 0 amide bonds. The van der Waals surface area contributed by atoms with Gasteiger partial charge in [0.15, 0.2) is 0 Å². The van der Waals surface area contributed by atoms with Crippen molar-refractivity contribution in [2.75, 3.05) is 31.7 Å². The van der Waals surface area contributed by atoms with E-state index in [9.17, 15) is 0 Å². The summed E-state index contributed by atoms with van der Waals surface area (Å²) in [5, 5.41) is 3.36. The van der Waals surface area contributed by atoms with E-state index in [4.69, 9.17) is 4.74 Å². The fourth-order valence-electron chi connectivity index (χ4n) is 2.22. The van der Waals surface area contributed by atoms with E-state index in [0.717, 1.165) is 26.2 Å². The Morgan fingerprint density at radius 1 is 1.42 bits per heavy atom. The summed E-state index contributed by atoms with van der Waals surface area (Å²) >= 11 is 3.69. The minimum atomic E-state index is 0.710. The summed E-state index contributed by atoms with van der Waals surface area (Å²) in [6.07, 6.45) is 2.61. The van der Waals surface area contributed by atoms with Crippen LogP contribution in [0.25, 0.3) is 0 Å². The van der Waals surface area contributed by atoms with E-state index in [2.05, 4.69) is 51.3 Å². The molecule has 1 aromatic carbocycles. The number of hydrogen-bond acceptors (Lipinski definition) is 3. The van der Waals surface area contributed by atoms with E-state index in [1.54, 1.807) is 7.11 Å². The van der Waals surface area contributed by atoms with E-state index in [0.29, 0.717) is 6.04 Å². The third-order valence-electron chi connectivity index (χ3n) is 3.46. The van der Waals surface area contributed by atoms with Crippen LogP contribution in [-0.2, 0) is 11.3 Å². The molecule has 0 atom stereocenters. The van der Waals surface area contributed by atoms with Crippen molar-refractivity contribution in [1.29, 1.82) is 0 Å². The predicted molar refractivity (Wildman–Crippen MR) is 83.8 cm³/mol. The number of nitrogens with zero attached hydrogens (tertiary/aromatic N) is 1. The Hall–Kier alpha value is -0.580. The smallest absolute Gasteiger partial charge is 0.0637 e. The Labute approximate surface area is 124 Å². The van der Waals surface area contributed by atoms with Crippen LogP contribution >= 0.6 is 15.9 Å². The number of anilines is 1. The molecule has 0 aliphatic heterocycles. The second-order valence-electron chi connectivity index (χ2n) is 4.97. The van der Waals surface area contributed by atoms with Crippen molar-refractivity contribution >= 4 is 21.6 Å². The Bertz CT molecular complexity index is 407. The van der Waals surface area contributed by atoms with Crippen molar-refractivity contribution in [2.45, 2.75) is 32.4 Å². The second-order valence-corrected chi connectivity index (χ2v) is 5.83. The lowest BCUT2D eigenvalue weighted by molar-refractivity contribution is 0.205. The molecule has 0 unspecified atom stereocenters. The molecule has 1 aliphatic rings. The van der Waals surface area contributed by atoms with Crippen LogP contribution in [0, 0.1) is 0 Å². The summed E-state index contributed by atoms with van der Waals surface area (Å²) in [7, 11) is 1.76. The number of benzene rings is 1. The van der Waals surface area contributed by atoms with E-state index >= 15 is 0 Å². The number of nitrogens with one attached hydrogen (secondary N) is 1. The van der Waals surface area contributed by atoms with Crippen molar-refractivity contribution in [1.82, 2.24) is 5.32 Å². The van der Waals surface area contributed by atoms with E-state index in [-0.39, 0.29) is 0 Å². The summed E-state index contributed by atoms with van der Waals surface area (Å²) in [5.41, 5.74) is 2.61. The maximum absolute atomic E-state index is 5.22. The molecule has 0 spiro atoms. The van der Waals surface area contributed by atoms with Crippen LogP contribution in [0.4, 0.5) is 5.69 Å². The summed E-state index contributed by atoms with van der Waals surface area (Å²) in [4.78, 5) is 2.46. The monoisotopic (exact) mass is 326 g/mol. The Morgan fingerprint density at radius 2 is 2.21 bits per heavy atom. The standard InChI is InChI=1S/C15H23BrN2O/c1-3-17-11-12-4-5-14(10-15(12)16)18(8-9-19-2)13-6-7-13/h4-5,10,13,17H,3,6-9,11H2,1-2H3. The largest absolute Gasteiger partial charge is 0.383 e. The van der Waals surface area contributed by atoms with Crippen LogP contribution in [0.5, 0.6) is 0 Å². The molecule has 1 saturated carbocycles. The van der Waals surface area contributed by atoms with Gasteiger partial charge in [-0.15, -0.1) is 0 Å². The van der Waals surface area contributed by atoms with E-state index in [1.165, 1.54) is 28.6 Å². The van der Waals surface area contributed by atoms with Crippen LogP contribution in [0.3, 0.4) is 0 Å². The van der Waals surface area contributed by atoms with Gasteiger partial charge in [-0.1, -0.05) is 28.9 Å². The first kappa shape index (κ1) is 14.8. The van der Waals surface area contributed by atoms with Crippen molar-refractivity contribution in [3.63, 3.8) is 0 Å². The molecule has 4 heteroatoms. The number of halogens is 1. The van der Waals surface area contributed by atoms with Gasteiger partial charge in [0.05, 0.1) is 6.61 Å². The molecule has 0 radical (unpaired) electrons. The first-order valence-corrected chi connectivity index (χ1v) is 7.80. The zero-order valence-corrected chi connectivity index (χ0v) is 13.4. The summed E-state index contributed by atoms with van der Waals surface area (Å²) in [5.74, 6) is 0. The van der Waals surface area contributed by atoms with Crippen LogP contribution in [0.15, 0.2) is 22.7 Å². The highest BCUT2D eigenvalue weighted by Crippen LogP contribution is 2.33.